The fraction of sp³-hybridized carbons (Fsp3) is 0.333. The lowest BCUT2D eigenvalue weighted by Crippen LogP contribution is -2.63. The van der Waals surface area contributed by atoms with Crippen LogP contribution in [-0.2, 0) is 5.54 Å². The molecule has 1 saturated heterocycles. The number of benzene rings is 1. The van der Waals surface area contributed by atoms with Crippen molar-refractivity contribution in [2.24, 2.45) is 5.73 Å². The second-order valence-electron chi connectivity index (χ2n) is 3.70. The predicted octanol–water partition coefficient (Wildman–Crippen LogP) is 1.56. The first-order valence-electron chi connectivity index (χ1n) is 4.40. The van der Waals surface area contributed by atoms with Gasteiger partial charge in [0.1, 0.15) is 0 Å². The van der Waals surface area contributed by atoms with Crippen molar-refractivity contribution in [3.05, 3.63) is 34.6 Å². The number of nitrogens with one attached hydrogen (secondary N) is 1. The van der Waals surface area contributed by atoms with E-state index in [4.69, 9.17) is 5.73 Å². The monoisotopic (exact) mass is 274 g/mol. The van der Waals surface area contributed by atoms with Crippen LogP contribution in [0.25, 0.3) is 0 Å². The third kappa shape index (κ3) is 1.88. The van der Waals surface area contributed by atoms with Gasteiger partial charge >= 0.3 is 0 Å². The Hall–Kier alpha value is -0.920. The molecule has 1 aliphatic heterocycles. The highest BCUT2D eigenvalue weighted by Crippen LogP contribution is 2.32. The molecule has 0 unspecified atom stereocenters. The van der Waals surface area contributed by atoms with E-state index in [1.807, 2.05) is 0 Å². The van der Waals surface area contributed by atoms with Crippen molar-refractivity contribution in [3.8, 4) is 0 Å². The smallest absolute Gasteiger partial charge is 0.200 e. The molecule has 1 fully saturated rings. The Morgan fingerprint density at radius 2 is 1.18 bits per heavy atom. The largest absolute Gasteiger partial charge is 0.319 e. The first-order valence-corrected chi connectivity index (χ1v) is 4.40. The first-order chi connectivity index (χ1) is 7.38. The Bertz CT molecular complexity index is 432. The Kier molecular flexibility index (Phi) is 3.66. The molecule has 1 heterocycles. The van der Waals surface area contributed by atoms with Gasteiger partial charge < -0.3 is 11.1 Å². The molecule has 0 saturated carbocycles. The first kappa shape index (κ1) is 14.1. The van der Waals surface area contributed by atoms with Crippen molar-refractivity contribution in [1.82, 2.24) is 5.32 Å². The molecular formula is C9H8ClF5N2. The number of nitrogens with two attached hydrogens (primary N) is 1. The minimum absolute atomic E-state index is 0. The molecule has 0 spiro atoms. The molecule has 0 aliphatic carbocycles. The SMILES string of the molecule is Cl.NC1(c2c(F)c(F)c(F)c(F)c2F)CNC1. The van der Waals surface area contributed by atoms with Crippen LogP contribution in [0.3, 0.4) is 0 Å². The summed E-state index contributed by atoms with van der Waals surface area (Å²) < 4.78 is 65.0. The van der Waals surface area contributed by atoms with Crippen LogP contribution in [0.1, 0.15) is 5.56 Å². The molecule has 2 rings (SSSR count). The zero-order valence-electron chi connectivity index (χ0n) is 8.29. The van der Waals surface area contributed by atoms with Crippen molar-refractivity contribution < 1.29 is 22.0 Å². The van der Waals surface area contributed by atoms with Gasteiger partial charge in [-0.2, -0.15) is 0 Å². The third-order valence-corrected chi connectivity index (χ3v) is 2.59. The predicted molar refractivity (Wildman–Crippen MR) is 52.2 cm³/mol. The summed E-state index contributed by atoms with van der Waals surface area (Å²) in [5.74, 6) is -9.83. The van der Waals surface area contributed by atoms with Crippen LogP contribution in [0.5, 0.6) is 0 Å². The van der Waals surface area contributed by atoms with E-state index in [0.717, 1.165) is 0 Å². The molecule has 17 heavy (non-hydrogen) atoms. The van der Waals surface area contributed by atoms with Gasteiger partial charge in [-0.1, -0.05) is 0 Å². The summed E-state index contributed by atoms with van der Waals surface area (Å²) in [6.07, 6.45) is 0. The second-order valence-corrected chi connectivity index (χ2v) is 3.70. The summed E-state index contributed by atoms with van der Waals surface area (Å²) in [5.41, 5.74) is 3.02. The Balaban J connectivity index is 0.00000144. The van der Waals surface area contributed by atoms with Gasteiger partial charge in [-0.05, 0) is 0 Å². The zero-order valence-corrected chi connectivity index (χ0v) is 9.11. The molecule has 2 nitrogen and oxygen atoms in total. The maximum absolute atomic E-state index is 13.3. The summed E-state index contributed by atoms with van der Waals surface area (Å²) in [6.45, 7) is -0.0727. The van der Waals surface area contributed by atoms with Gasteiger partial charge in [-0.15, -0.1) is 12.4 Å². The maximum Gasteiger partial charge on any atom is 0.200 e. The van der Waals surface area contributed by atoms with Gasteiger partial charge in [-0.25, -0.2) is 22.0 Å². The van der Waals surface area contributed by atoms with Crippen LogP contribution >= 0.6 is 12.4 Å². The number of hydrogen-bond acceptors (Lipinski definition) is 2. The molecule has 0 radical (unpaired) electrons. The van der Waals surface area contributed by atoms with Crippen molar-refractivity contribution in [2.45, 2.75) is 5.54 Å². The molecule has 1 aliphatic rings. The van der Waals surface area contributed by atoms with Crippen LogP contribution in [0, 0.1) is 29.1 Å². The van der Waals surface area contributed by atoms with E-state index in [1.165, 1.54) is 0 Å². The van der Waals surface area contributed by atoms with Gasteiger partial charge in [0.25, 0.3) is 0 Å². The lowest BCUT2D eigenvalue weighted by molar-refractivity contribution is 0.253. The summed E-state index contributed by atoms with van der Waals surface area (Å²) in [4.78, 5) is 0. The van der Waals surface area contributed by atoms with E-state index in [2.05, 4.69) is 5.32 Å². The fourth-order valence-electron chi connectivity index (χ4n) is 1.61. The van der Waals surface area contributed by atoms with Gasteiger partial charge in [0.15, 0.2) is 23.3 Å². The third-order valence-electron chi connectivity index (χ3n) is 2.59. The molecule has 96 valence electrons. The normalized spacial score (nSPS) is 17.3. The summed E-state index contributed by atoms with van der Waals surface area (Å²) in [6, 6.07) is 0. The van der Waals surface area contributed by atoms with Crippen molar-refractivity contribution >= 4 is 12.4 Å². The van der Waals surface area contributed by atoms with Gasteiger partial charge in [0, 0.05) is 13.1 Å². The number of halogens is 6. The summed E-state index contributed by atoms with van der Waals surface area (Å²) >= 11 is 0. The van der Waals surface area contributed by atoms with Gasteiger partial charge in [0.05, 0.1) is 11.1 Å². The quantitative estimate of drug-likeness (QED) is 0.463. The van der Waals surface area contributed by atoms with Gasteiger partial charge in [-0.3, -0.25) is 0 Å². The standard InChI is InChI=1S/C9H7F5N2.ClH/c10-4-3(9(15)1-16-2-9)5(11)7(13)8(14)6(4)12;/h16H,1-2,15H2;1H. The highest BCUT2D eigenvalue weighted by Gasteiger charge is 2.42. The van der Waals surface area contributed by atoms with Crippen LogP contribution in [-0.4, -0.2) is 13.1 Å². The van der Waals surface area contributed by atoms with E-state index in [-0.39, 0.29) is 25.5 Å². The topological polar surface area (TPSA) is 38.0 Å². The van der Waals surface area contributed by atoms with E-state index < -0.39 is 40.2 Å². The minimum atomic E-state index is -2.17. The highest BCUT2D eigenvalue weighted by molar-refractivity contribution is 5.85. The summed E-state index contributed by atoms with van der Waals surface area (Å²) in [5, 5.41) is 2.61. The van der Waals surface area contributed by atoms with Crippen LogP contribution in [0.15, 0.2) is 0 Å². The molecule has 3 N–H and O–H groups in total. The fourth-order valence-corrected chi connectivity index (χ4v) is 1.61. The molecule has 0 amide bonds. The van der Waals surface area contributed by atoms with Crippen molar-refractivity contribution in [3.63, 3.8) is 0 Å². The van der Waals surface area contributed by atoms with Crippen LogP contribution in [0.4, 0.5) is 22.0 Å². The minimum Gasteiger partial charge on any atom is -0.319 e. The zero-order chi connectivity index (χ0) is 12.1. The number of rotatable bonds is 1. The molecule has 1 aromatic carbocycles. The van der Waals surface area contributed by atoms with E-state index in [0.29, 0.717) is 0 Å². The average molecular weight is 275 g/mol. The summed E-state index contributed by atoms with van der Waals surface area (Å²) in [7, 11) is 0. The van der Waals surface area contributed by atoms with E-state index in [9.17, 15) is 22.0 Å². The maximum atomic E-state index is 13.3. The molecule has 0 aromatic heterocycles. The average Bonchev–Trinajstić information content (AvgIpc) is 2.21. The van der Waals surface area contributed by atoms with Crippen molar-refractivity contribution in [1.29, 1.82) is 0 Å². The van der Waals surface area contributed by atoms with Crippen LogP contribution < -0.4 is 11.1 Å². The van der Waals surface area contributed by atoms with Crippen molar-refractivity contribution in [2.75, 3.05) is 13.1 Å². The van der Waals surface area contributed by atoms with E-state index in [1.54, 1.807) is 0 Å². The lowest BCUT2D eigenvalue weighted by Gasteiger charge is -2.39. The molecule has 0 bridgehead atoms. The number of hydrogen-bond donors (Lipinski definition) is 2. The highest BCUT2D eigenvalue weighted by atomic mass is 35.5. The molecular weight excluding hydrogens is 267 g/mol. The molecule has 1 aromatic rings. The lowest BCUT2D eigenvalue weighted by atomic mass is 9.84. The molecule has 8 heteroatoms. The molecule has 0 atom stereocenters. The van der Waals surface area contributed by atoms with E-state index >= 15 is 0 Å². The Morgan fingerprint density at radius 1 is 0.824 bits per heavy atom. The second kappa shape index (κ2) is 4.40. The van der Waals surface area contributed by atoms with Gasteiger partial charge in [0.2, 0.25) is 5.82 Å². The van der Waals surface area contributed by atoms with Crippen LogP contribution in [0.2, 0.25) is 0 Å². The Morgan fingerprint density at radius 3 is 1.47 bits per heavy atom. The Labute approximate surface area is 99.4 Å².